The van der Waals surface area contributed by atoms with Crippen LogP contribution in [0, 0.1) is 0 Å². The molecular formula is C24H40O2Si2. The molecule has 0 aliphatic heterocycles. The highest BCUT2D eigenvalue weighted by Gasteiger charge is 2.42. The Balaban J connectivity index is 3.59. The van der Waals surface area contributed by atoms with Crippen LogP contribution < -0.4 is 4.74 Å². The SMILES string of the molecule is COc1ccc(C(O)C(=C=C=C[Si](C)(C)C(C)(C)C)[Si](C)(C)C(C)(C)C)cc1. The molecule has 0 aromatic heterocycles. The standard InChI is InChI=1S/C24H40O2Si2/c1-23(2,3)27(8,9)18-12-13-21(28(10,11)24(4,5)6)22(25)19-14-16-20(26-7)17-15-19/h14-18,22,25H,1-11H3. The molecule has 1 aromatic rings. The summed E-state index contributed by atoms with van der Waals surface area (Å²) in [6.07, 6.45) is -0.674. The summed E-state index contributed by atoms with van der Waals surface area (Å²) in [6, 6.07) is 7.68. The van der Waals surface area contributed by atoms with Gasteiger partial charge in [0.1, 0.15) is 11.9 Å². The van der Waals surface area contributed by atoms with E-state index in [1.807, 2.05) is 24.3 Å². The van der Waals surface area contributed by atoms with Gasteiger partial charge in [-0.05, 0) is 38.7 Å². The van der Waals surface area contributed by atoms with Crippen molar-refractivity contribution in [1.82, 2.24) is 0 Å². The Bertz CT molecular complexity index is 762. The van der Waals surface area contributed by atoms with Crippen LogP contribution in [-0.4, -0.2) is 28.4 Å². The summed E-state index contributed by atoms with van der Waals surface area (Å²) < 4.78 is 5.26. The fourth-order valence-corrected chi connectivity index (χ4v) is 5.34. The number of benzene rings is 1. The van der Waals surface area contributed by atoms with Crippen molar-refractivity contribution >= 4 is 16.1 Å². The van der Waals surface area contributed by atoms with E-state index < -0.39 is 22.3 Å². The molecule has 0 heterocycles. The maximum absolute atomic E-state index is 11.3. The van der Waals surface area contributed by atoms with Crippen molar-refractivity contribution in [2.24, 2.45) is 0 Å². The lowest BCUT2D eigenvalue weighted by atomic mass is 10.1. The van der Waals surface area contributed by atoms with Gasteiger partial charge in [0.2, 0.25) is 0 Å². The van der Waals surface area contributed by atoms with Crippen LogP contribution in [0.15, 0.2) is 46.6 Å². The van der Waals surface area contributed by atoms with Crippen LogP contribution in [0.25, 0.3) is 0 Å². The van der Waals surface area contributed by atoms with Gasteiger partial charge in [0, 0.05) is 0 Å². The minimum Gasteiger partial charge on any atom is -0.497 e. The molecule has 1 atom stereocenters. The zero-order valence-electron chi connectivity index (χ0n) is 19.8. The molecule has 0 bridgehead atoms. The summed E-state index contributed by atoms with van der Waals surface area (Å²) >= 11 is 0. The number of aliphatic hydroxyl groups excluding tert-OH is 1. The topological polar surface area (TPSA) is 29.5 Å². The first-order valence-electron chi connectivity index (χ1n) is 10.1. The molecule has 0 radical (unpaired) electrons. The third kappa shape index (κ3) is 5.62. The van der Waals surface area contributed by atoms with Gasteiger partial charge in [-0.3, -0.25) is 0 Å². The molecule has 0 aliphatic carbocycles. The molecule has 0 fully saturated rings. The maximum atomic E-state index is 11.3. The highest BCUT2D eigenvalue weighted by molar-refractivity contribution is 6.87. The van der Waals surface area contributed by atoms with Gasteiger partial charge in [-0.2, -0.15) is 0 Å². The molecule has 0 aliphatic rings. The van der Waals surface area contributed by atoms with E-state index in [0.717, 1.165) is 16.5 Å². The first-order chi connectivity index (χ1) is 12.5. The molecule has 1 unspecified atom stereocenters. The Morgan fingerprint density at radius 1 is 0.964 bits per heavy atom. The van der Waals surface area contributed by atoms with Crippen molar-refractivity contribution < 1.29 is 9.84 Å². The van der Waals surface area contributed by atoms with Gasteiger partial charge in [0.25, 0.3) is 0 Å². The second-order valence-electron chi connectivity index (χ2n) is 10.8. The third-order valence-corrected chi connectivity index (χ3v) is 17.1. The smallest absolute Gasteiger partial charge is 0.118 e. The van der Waals surface area contributed by atoms with Gasteiger partial charge in [-0.1, -0.05) is 91.3 Å². The van der Waals surface area contributed by atoms with E-state index in [2.05, 4.69) is 84.9 Å². The van der Waals surface area contributed by atoms with Crippen molar-refractivity contribution in [3.8, 4) is 5.75 Å². The van der Waals surface area contributed by atoms with Gasteiger partial charge < -0.3 is 9.84 Å². The van der Waals surface area contributed by atoms with E-state index in [1.165, 1.54) is 0 Å². The van der Waals surface area contributed by atoms with E-state index in [0.29, 0.717) is 0 Å². The van der Waals surface area contributed by atoms with Crippen LogP contribution in [0.4, 0.5) is 0 Å². The van der Waals surface area contributed by atoms with Crippen molar-refractivity contribution in [3.05, 3.63) is 52.2 Å². The normalized spacial score (nSPS) is 14.0. The molecular weight excluding hydrogens is 376 g/mol. The lowest BCUT2D eigenvalue weighted by molar-refractivity contribution is 0.221. The number of hydrogen-bond acceptors (Lipinski definition) is 2. The van der Waals surface area contributed by atoms with E-state index in [1.54, 1.807) is 7.11 Å². The number of rotatable bonds is 5. The van der Waals surface area contributed by atoms with Crippen LogP contribution in [0.5, 0.6) is 5.75 Å². The van der Waals surface area contributed by atoms with E-state index in [9.17, 15) is 5.11 Å². The average Bonchev–Trinajstić information content (AvgIpc) is 2.56. The van der Waals surface area contributed by atoms with Crippen LogP contribution in [0.1, 0.15) is 53.2 Å². The van der Waals surface area contributed by atoms with Crippen molar-refractivity contribution in [1.29, 1.82) is 0 Å². The number of ether oxygens (including phenoxy) is 1. The summed E-state index contributed by atoms with van der Waals surface area (Å²) in [5.74, 6) is 0.794. The third-order valence-electron chi connectivity index (χ3n) is 6.83. The summed E-state index contributed by atoms with van der Waals surface area (Å²) in [7, 11) is -1.93. The lowest BCUT2D eigenvalue weighted by Gasteiger charge is -2.39. The molecule has 28 heavy (non-hydrogen) atoms. The highest BCUT2D eigenvalue weighted by atomic mass is 28.3. The van der Waals surface area contributed by atoms with Crippen molar-refractivity contribution in [2.75, 3.05) is 7.11 Å². The Labute approximate surface area is 175 Å². The van der Waals surface area contributed by atoms with Crippen LogP contribution in [0.3, 0.4) is 0 Å². The average molecular weight is 417 g/mol. The van der Waals surface area contributed by atoms with Gasteiger partial charge in [-0.15, -0.1) is 0 Å². The van der Waals surface area contributed by atoms with Crippen molar-refractivity contribution in [2.45, 2.75) is 83.9 Å². The molecule has 1 aromatic carbocycles. The minimum atomic E-state index is -1.99. The zero-order valence-corrected chi connectivity index (χ0v) is 21.8. The fourth-order valence-electron chi connectivity index (χ4n) is 2.43. The largest absolute Gasteiger partial charge is 0.497 e. The number of aliphatic hydroxyl groups is 1. The molecule has 4 heteroatoms. The van der Waals surface area contributed by atoms with E-state index in [-0.39, 0.29) is 10.1 Å². The van der Waals surface area contributed by atoms with Gasteiger partial charge in [0.05, 0.1) is 23.3 Å². The summed E-state index contributed by atoms with van der Waals surface area (Å²) in [5.41, 5.74) is 9.95. The second kappa shape index (κ2) is 8.61. The Hall–Kier alpha value is -1.29. The predicted molar refractivity (Wildman–Crippen MR) is 127 cm³/mol. The lowest BCUT2D eigenvalue weighted by Crippen LogP contribution is -2.41. The Kier molecular flexibility index (Phi) is 7.61. The quantitative estimate of drug-likeness (QED) is 0.411. The van der Waals surface area contributed by atoms with Crippen LogP contribution in [-0.2, 0) is 0 Å². The Morgan fingerprint density at radius 3 is 1.86 bits per heavy atom. The van der Waals surface area contributed by atoms with Gasteiger partial charge in [0.15, 0.2) is 0 Å². The molecule has 1 rings (SSSR count). The second-order valence-corrected chi connectivity index (χ2v) is 21.4. The molecule has 2 nitrogen and oxygen atoms in total. The number of hydrogen-bond donors (Lipinski definition) is 1. The molecule has 0 saturated carbocycles. The molecule has 1 N–H and O–H groups in total. The van der Waals surface area contributed by atoms with Gasteiger partial charge in [-0.25, -0.2) is 0 Å². The maximum Gasteiger partial charge on any atom is 0.118 e. The first kappa shape index (κ1) is 24.8. The first-order valence-corrected chi connectivity index (χ1v) is 16.2. The van der Waals surface area contributed by atoms with Crippen molar-refractivity contribution in [3.63, 3.8) is 0 Å². The van der Waals surface area contributed by atoms with Crippen LogP contribution >= 0.6 is 0 Å². The minimum absolute atomic E-state index is 0.0986. The van der Waals surface area contributed by atoms with Crippen LogP contribution in [0.2, 0.25) is 36.3 Å². The zero-order chi connectivity index (χ0) is 22.0. The number of methoxy groups -OCH3 is 1. The predicted octanol–water partition coefficient (Wildman–Crippen LogP) is 7.06. The summed E-state index contributed by atoms with van der Waals surface area (Å²) in [6.45, 7) is 23.0. The molecule has 156 valence electrons. The van der Waals surface area contributed by atoms with E-state index in [4.69, 9.17) is 4.74 Å². The monoisotopic (exact) mass is 416 g/mol. The summed E-state index contributed by atoms with van der Waals surface area (Å²) in [4.78, 5) is 0. The Morgan fingerprint density at radius 2 is 1.46 bits per heavy atom. The van der Waals surface area contributed by atoms with Gasteiger partial charge >= 0.3 is 0 Å². The molecule has 0 amide bonds. The molecule has 0 spiro atoms. The molecule has 0 saturated heterocycles. The van der Waals surface area contributed by atoms with E-state index >= 15 is 0 Å². The highest BCUT2D eigenvalue weighted by Crippen LogP contribution is 2.44. The summed E-state index contributed by atoms with van der Waals surface area (Å²) in [5, 5.41) is 12.6. The fraction of sp³-hybridized carbons (Fsp3) is 0.583.